The number of hydrogen-bond donors (Lipinski definition) is 0. The van der Waals surface area contributed by atoms with Crippen molar-refractivity contribution in [2.75, 3.05) is 26.7 Å². The molecule has 2 aliphatic heterocycles. The third kappa shape index (κ3) is 2.88. The Hall–Kier alpha value is -1.76. The summed E-state index contributed by atoms with van der Waals surface area (Å²) in [5.41, 5.74) is 0.806. The molecule has 0 unspecified atom stereocenters. The van der Waals surface area contributed by atoms with E-state index < -0.39 is 0 Å². The number of thiazole rings is 1. The van der Waals surface area contributed by atoms with Crippen molar-refractivity contribution >= 4 is 17.2 Å². The molecule has 0 bridgehead atoms. The van der Waals surface area contributed by atoms with Crippen LogP contribution in [-0.4, -0.2) is 53.5 Å². The topological polar surface area (TPSA) is 45.7 Å². The van der Waals surface area contributed by atoms with E-state index in [1.807, 2.05) is 43.3 Å². The quantitative estimate of drug-likeness (QED) is 0.846. The van der Waals surface area contributed by atoms with E-state index in [0.29, 0.717) is 0 Å². The average Bonchev–Trinajstić information content (AvgIpc) is 3.04. The van der Waals surface area contributed by atoms with Gasteiger partial charge in [0.2, 0.25) is 5.91 Å². The number of ether oxygens (including phenoxy) is 1. The molecule has 2 aromatic rings. The Kier molecular flexibility index (Phi) is 4.35. The number of nitrogens with zero attached hydrogens (tertiary/aromatic N) is 3. The van der Waals surface area contributed by atoms with Gasteiger partial charge in [-0.25, -0.2) is 4.98 Å². The number of likely N-dealkylation sites (N-methyl/N-ethyl adjacent to an activating group) is 1. The molecule has 2 saturated heterocycles. The lowest BCUT2D eigenvalue weighted by molar-refractivity contribution is -0.183. The number of benzene rings is 1. The van der Waals surface area contributed by atoms with E-state index in [4.69, 9.17) is 4.74 Å². The highest BCUT2D eigenvalue weighted by atomic mass is 32.1. The van der Waals surface area contributed by atoms with Gasteiger partial charge >= 0.3 is 0 Å². The zero-order valence-corrected chi connectivity index (χ0v) is 15.5. The number of rotatable bonds is 3. The Morgan fingerprint density at radius 2 is 2.16 bits per heavy atom. The Morgan fingerprint density at radius 3 is 2.88 bits per heavy atom. The summed E-state index contributed by atoms with van der Waals surface area (Å²) in [6.07, 6.45) is 2.83. The number of morpholine rings is 1. The number of carbonyl (C=O) groups is 1. The molecule has 0 N–H and O–H groups in total. The van der Waals surface area contributed by atoms with Crippen LogP contribution in [0, 0.1) is 6.92 Å². The fourth-order valence-corrected chi connectivity index (χ4v) is 4.96. The molecular formula is C19H23N3O2S. The third-order valence-corrected chi connectivity index (χ3v) is 6.37. The van der Waals surface area contributed by atoms with Gasteiger partial charge in [0.15, 0.2) is 0 Å². The first-order valence-electron chi connectivity index (χ1n) is 8.67. The van der Waals surface area contributed by atoms with Gasteiger partial charge in [0, 0.05) is 37.8 Å². The molecule has 2 fully saturated rings. The first kappa shape index (κ1) is 16.7. The minimum atomic E-state index is -0.364. The predicted octanol–water partition coefficient (Wildman–Crippen LogP) is 2.41. The lowest BCUT2D eigenvalue weighted by atomic mass is 9.76. The van der Waals surface area contributed by atoms with Gasteiger partial charge in [-0.05, 0) is 18.9 Å². The highest BCUT2D eigenvalue weighted by Crippen LogP contribution is 2.42. The Balaban J connectivity index is 1.61. The molecule has 0 radical (unpaired) electrons. The molecule has 3 heterocycles. The molecular weight excluding hydrogens is 334 g/mol. The predicted molar refractivity (Wildman–Crippen MR) is 97.4 cm³/mol. The van der Waals surface area contributed by atoms with Gasteiger partial charge in [-0.15, -0.1) is 11.3 Å². The number of fused-ring (bicyclic) bond motifs is 1. The van der Waals surface area contributed by atoms with Crippen LogP contribution in [0.25, 0.3) is 0 Å². The van der Waals surface area contributed by atoms with Gasteiger partial charge in [-0.1, -0.05) is 30.3 Å². The SMILES string of the molecule is Cc1ncc(CN2CC[C@]3(c4ccccc4)[C@@H](C2)OCC(=O)N3C)s1. The molecule has 132 valence electrons. The number of likely N-dealkylation sites (tertiary alicyclic amines) is 1. The molecule has 1 amide bonds. The Bertz CT molecular complexity index is 763. The smallest absolute Gasteiger partial charge is 0.249 e. The van der Waals surface area contributed by atoms with Crippen LogP contribution in [0.3, 0.4) is 0 Å². The van der Waals surface area contributed by atoms with Crippen LogP contribution < -0.4 is 0 Å². The molecule has 4 rings (SSSR count). The van der Waals surface area contributed by atoms with E-state index >= 15 is 0 Å². The molecule has 2 aliphatic rings. The van der Waals surface area contributed by atoms with Crippen LogP contribution in [0.15, 0.2) is 36.5 Å². The number of carbonyl (C=O) groups excluding carboxylic acids is 1. The minimum absolute atomic E-state index is 0.0135. The van der Waals surface area contributed by atoms with Crippen LogP contribution in [0.1, 0.15) is 21.9 Å². The third-order valence-electron chi connectivity index (χ3n) is 5.47. The summed E-state index contributed by atoms with van der Waals surface area (Å²) in [6.45, 7) is 4.86. The molecule has 0 saturated carbocycles. The molecule has 6 heteroatoms. The normalized spacial score (nSPS) is 27.4. The maximum Gasteiger partial charge on any atom is 0.249 e. The van der Waals surface area contributed by atoms with E-state index in [-0.39, 0.29) is 24.2 Å². The average molecular weight is 357 g/mol. The standard InChI is InChI=1S/C19H23N3O2S/c1-14-20-10-16(25-14)11-22-9-8-19(15-6-4-3-5-7-15)17(12-22)24-13-18(23)21(19)2/h3-7,10,17H,8-9,11-13H2,1-2H3/t17-,19+/m1/s1. The van der Waals surface area contributed by atoms with E-state index in [0.717, 1.165) is 31.1 Å². The first-order chi connectivity index (χ1) is 12.1. The van der Waals surface area contributed by atoms with Crippen molar-refractivity contribution in [3.63, 3.8) is 0 Å². The number of amides is 1. The Morgan fingerprint density at radius 1 is 1.36 bits per heavy atom. The molecule has 2 atom stereocenters. The first-order valence-corrected chi connectivity index (χ1v) is 9.49. The summed E-state index contributed by atoms with van der Waals surface area (Å²) in [5.74, 6) is 0.0617. The highest BCUT2D eigenvalue weighted by molar-refractivity contribution is 7.11. The van der Waals surface area contributed by atoms with Crippen molar-refractivity contribution in [2.24, 2.45) is 0 Å². The van der Waals surface area contributed by atoms with E-state index in [1.54, 1.807) is 11.3 Å². The van der Waals surface area contributed by atoms with Crippen LogP contribution in [0.2, 0.25) is 0 Å². The number of hydrogen-bond acceptors (Lipinski definition) is 5. The van der Waals surface area contributed by atoms with E-state index in [2.05, 4.69) is 22.0 Å². The molecule has 25 heavy (non-hydrogen) atoms. The van der Waals surface area contributed by atoms with Crippen LogP contribution in [0.4, 0.5) is 0 Å². The summed E-state index contributed by atoms with van der Waals surface area (Å²) in [4.78, 5) is 22.4. The molecule has 1 aromatic carbocycles. The number of piperidine rings is 1. The highest BCUT2D eigenvalue weighted by Gasteiger charge is 2.52. The van der Waals surface area contributed by atoms with Gasteiger partial charge < -0.3 is 9.64 Å². The summed E-state index contributed by atoms with van der Waals surface area (Å²) >= 11 is 1.75. The van der Waals surface area contributed by atoms with Crippen molar-refractivity contribution in [3.05, 3.63) is 52.0 Å². The Labute approximate surface area is 152 Å². The molecule has 5 nitrogen and oxygen atoms in total. The zero-order chi connectivity index (χ0) is 17.4. The lowest BCUT2D eigenvalue weighted by Gasteiger charge is -2.54. The maximum absolute atomic E-state index is 12.4. The second kappa shape index (κ2) is 6.52. The van der Waals surface area contributed by atoms with Crippen molar-refractivity contribution < 1.29 is 9.53 Å². The number of aromatic nitrogens is 1. The zero-order valence-electron chi connectivity index (χ0n) is 14.6. The molecule has 0 spiro atoms. The van der Waals surface area contributed by atoms with Crippen molar-refractivity contribution in [3.8, 4) is 0 Å². The maximum atomic E-state index is 12.4. The van der Waals surface area contributed by atoms with Crippen LogP contribution in [-0.2, 0) is 21.6 Å². The molecule has 1 aromatic heterocycles. The van der Waals surface area contributed by atoms with Gasteiger partial charge in [0.25, 0.3) is 0 Å². The second-order valence-corrected chi connectivity index (χ2v) is 8.19. The fraction of sp³-hybridized carbons (Fsp3) is 0.474. The van der Waals surface area contributed by atoms with Crippen LogP contribution in [0.5, 0.6) is 0 Å². The number of aryl methyl sites for hydroxylation is 1. The fourth-order valence-electron chi connectivity index (χ4n) is 4.12. The van der Waals surface area contributed by atoms with E-state index in [9.17, 15) is 4.79 Å². The summed E-state index contributed by atoms with van der Waals surface area (Å²) in [7, 11) is 1.92. The lowest BCUT2D eigenvalue weighted by Crippen LogP contribution is -2.66. The monoisotopic (exact) mass is 357 g/mol. The van der Waals surface area contributed by atoms with Gasteiger partial charge in [0.1, 0.15) is 6.61 Å². The largest absolute Gasteiger partial charge is 0.364 e. The van der Waals surface area contributed by atoms with Gasteiger partial charge in [-0.2, -0.15) is 0 Å². The second-order valence-electron chi connectivity index (χ2n) is 6.87. The summed E-state index contributed by atoms with van der Waals surface area (Å²) in [6, 6.07) is 10.3. The van der Waals surface area contributed by atoms with Crippen molar-refractivity contribution in [1.82, 2.24) is 14.8 Å². The summed E-state index contributed by atoms with van der Waals surface area (Å²) in [5, 5.41) is 1.10. The molecule has 0 aliphatic carbocycles. The van der Waals surface area contributed by atoms with Gasteiger partial charge in [-0.3, -0.25) is 9.69 Å². The minimum Gasteiger partial charge on any atom is -0.364 e. The van der Waals surface area contributed by atoms with Crippen molar-refractivity contribution in [1.29, 1.82) is 0 Å². The van der Waals surface area contributed by atoms with E-state index in [1.165, 1.54) is 10.4 Å². The van der Waals surface area contributed by atoms with Crippen LogP contribution >= 0.6 is 11.3 Å². The van der Waals surface area contributed by atoms with Gasteiger partial charge in [0.05, 0.1) is 16.7 Å². The summed E-state index contributed by atoms with van der Waals surface area (Å²) < 4.78 is 6.05. The van der Waals surface area contributed by atoms with Crippen molar-refractivity contribution in [2.45, 2.75) is 31.5 Å².